The van der Waals surface area contributed by atoms with Gasteiger partial charge in [0.1, 0.15) is 17.1 Å². The van der Waals surface area contributed by atoms with Crippen LogP contribution in [0.2, 0.25) is 0 Å². The van der Waals surface area contributed by atoms with Crippen molar-refractivity contribution in [3.8, 4) is 11.4 Å². The summed E-state index contributed by atoms with van der Waals surface area (Å²) in [5.74, 6) is 1.66. The summed E-state index contributed by atoms with van der Waals surface area (Å²) in [6, 6.07) is 19.7. The molecule has 0 saturated carbocycles. The van der Waals surface area contributed by atoms with Crippen LogP contribution in [-0.2, 0) is 0 Å². The number of nitrogens with zero attached hydrogens (tertiary/aromatic N) is 5. The summed E-state index contributed by atoms with van der Waals surface area (Å²) in [4.78, 5) is 26.8. The number of aryl methyl sites for hydroxylation is 1. The van der Waals surface area contributed by atoms with Crippen LogP contribution in [0.15, 0.2) is 66.9 Å². The van der Waals surface area contributed by atoms with Crippen LogP contribution in [0.1, 0.15) is 22.6 Å². The van der Waals surface area contributed by atoms with E-state index in [9.17, 15) is 4.79 Å². The monoisotopic (exact) mass is 484 g/mol. The predicted octanol–water partition coefficient (Wildman–Crippen LogP) is 3.68. The third-order valence-electron chi connectivity index (χ3n) is 6.70. The highest BCUT2D eigenvalue weighted by atomic mass is 16.5. The number of hydrogen-bond acceptors (Lipinski definition) is 6. The molecule has 1 N–H and O–H groups in total. The molecule has 1 aliphatic rings. The molecular formula is C28H32N6O2. The van der Waals surface area contributed by atoms with E-state index in [-0.39, 0.29) is 5.91 Å². The van der Waals surface area contributed by atoms with Crippen molar-refractivity contribution >= 4 is 22.8 Å². The molecule has 1 amide bonds. The number of piperazine rings is 1. The number of ether oxygens (including phenoxy) is 1. The van der Waals surface area contributed by atoms with Crippen molar-refractivity contribution in [1.82, 2.24) is 24.8 Å². The van der Waals surface area contributed by atoms with Gasteiger partial charge in [-0.25, -0.2) is 9.97 Å². The Balaban J connectivity index is 1.10. The Morgan fingerprint density at radius 3 is 2.58 bits per heavy atom. The molecule has 1 fully saturated rings. The SMILES string of the molecule is COc1ccc(N2CCN(CCCNC(=O)c3cccc(-n4c(C)nc5cccnc54)c3)CC2)cc1. The Bertz CT molecular complexity index is 1330. The van der Waals surface area contributed by atoms with Crippen molar-refractivity contribution in [2.75, 3.05) is 51.3 Å². The highest BCUT2D eigenvalue weighted by Crippen LogP contribution is 2.21. The second-order valence-electron chi connectivity index (χ2n) is 9.03. The molecular weight excluding hydrogens is 452 g/mol. The van der Waals surface area contributed by atoms with E-state index in [1.54, 1.807) is 13.3 Å². The Hall–Kier alpha value is -3.91. The minimum atomic E-state index is -0.0591. The van der Waals surface area contributed by atoms with Crippen LogP contribution < -0.4 is 15.0 Å². The quantitative estimate of drug-likeness (QED) is 0.385. The van der Waals surface area contributed by atoms with E-state index in [4.69, 9.17) is 4.74 Å². The molecule has 2 aromatic heterocycles. The second kappa shape index (κ2) is 10.8. The standard InChI is InChI=1S/C28H32N6O2/c1-21-31-26-8-4-13-29-27(26)34(21)24-7-3-6-22(20-24)28(35)30-14-5-15-32-16-18-33(19-17-32)23-9-11-25(36-2)12-10-23/h3-4,6-13,20H,5,14-19H2,1-2H3,(H,30,35). The molecule has 0 unspecified atom stereocenters. The molecule has 3 heterocycles. The largest absolute Gasteiger partial charge is 0.497 e. The zero-order valence-corrected chi connectivity index (χ0v) is 20.9. The van der Waals surface area contributed by atoms with Gasteiger partial charge >= 0.3 is 0 Å². The number of hydrogen-bond donors (Lipinski definition) is 1. The average Bonchev–Trinajstić information content (AvgIpc) is 3.27. The van der Waals surface area contributed by atoms with Gasteiger partial charge in [0.25, 0.3) is 5.91 Å². The molecule has 0 radical (unpaired) electrons. The molecule has 8 heteroatoms. The first-order valence-corrected chi connectivity index (χ1v) is 12.4. The van der Waals surface area contributed by atoms with Gasteiger partial charge in [0.15, 0.2) is 5.65 Å². The molecule has 2 aromatic carbocycles. The van der Waals surface area contributed by atoms with Crippen LogP contribution in [0.25, 0.3) is 16.9 Å². The minimum Gasteiger partial charge on any atom is -0.497 e. The Morgan fingerprint density at radius 2 is 1.81 bits per heavy atom. The highest BCUT2D eigenvalue weighted by Gasteiger charge is 2.17. The topological polar surface area (TPSA) is 75.5 Å². The summed E-state index contributed by atoms with van der Waals surface area (Å²) in [5.41, 5.74) is 4.39. The number of carbonyl (C=O) groups excluding carboxylic acids is 1. The summed E-state index contributed by atoms with van der Waals surface area (Å²) < 4.78 is 7.24. The lowest BCUT2D eigenvalue weighted by Gasteiger charge is -2.36. The van der Waals surface area contributed by atoms with Gasteiger partial charge in [0.05, 0.1) is 7.11 Å². The van der Waals surface area contributed by atoms with Gasteiger partial charge < -0.3 is 15.0 Å². The van der Waals surface area contributed by atoms with E-state index in [1.807, 2.05) is 60.0 Å². The van der Waals surface area contributed by atoms with Gasteiger partial charge in [0, 0.05) is 55.9 Å². The van der Waals surface area contributed by atoms with E-state index in [1.165, 1.54) is 5.69 Å². The summed E-state index contributed by atoms with van der Waals surface area (Å²) in [6.45, 7) is 7.62. The van der Waals surface area contributed by atoms with Gasteiger partial charge in [-0.2, -0.15) is 0 Å². The van der Waals surface area contributed by atoms with Crippen molar-refractivity contribution in [2.24, 2.45) is 0 Å². The first kappa shape index (κ1) is 23.8. The van der Waals surface area contributed by atoms with Crippen molar-refractivity contribution < 1.29 is 9.53 Å². The lowest BCUT2D eigenvalue weighted by atomic mass is 10.2. The van der Waals surface area contributed by atoms with E-state index < -0.39 is 0 Å². The van der Waals surface area contributed by atoms with Gasteiger partial charge in [-0.1, -0.05) is 6.07 Å². The number of rotatable bonds is 8. The normalized spacial score (nSPS) is 14.2. The van der Waals surface area contributed by atoms with Crippen LogP contribution in [0, 0.1) is 6.92 Å². The summed E-state index contributed by atoms with van der Waals surface area (Å²) >= 11 is 0. The zero-order chi connectivity index (χ0) is 24.9. The van der Waals surface area contributed by atoms with E-state index in [0.29, 0.717) is 12.1 Å². The number of fused-ring (bicyclic) bond motifs is 1. The number of aromatic nitrogens is 3. The molecule has 36 heavy (non-hydrogen) atoms. The van der Waals surface area contributed by atoms with Crippen LogP contribution in [0.3, 0.4) is 0 Å². The number of benzene rings is 2. The van der Waals surface area contributed by atoms with E-state index >= 15 is 0 Å². The number of nitrogens with one attached hydrogen (secondary N) is 1. The number of pyridine rings is 1. The fraction of sp³-hybridized carbons (Fsp3) is 0.321. The lowest BCUT2D eigenvalue weighted by molar-refractivity contribution is 0.0951. The zero-order valence-electron chi connectivity index (χ0n) is 20.9. The second-order valence-corrected chi connectivity index (χ2v) is 9.03. The fourth-order valence-electron chi connectivity index (χ4n) is 4.75. The third-order valence-corrected chi connectivity index (χ3v) is 6.70. The van der Waals surface area contributed by atoms with Crippen LogP contribution in [0.5, 0.6) is 5.75 Å². The molecule has 186 valence electrons. The molecule has 0 aliphatic carbocycles. The summed E-state index contributed by atoms with van der Waals surface area (Å²) in [6.07, 6.45) is 2.68. The van der Waals surface area contributed by atoms with Crippen LogP contribution in [0.4, 0.5) is 5.69 Å². The van der Waals surface area contributed by atoms with Crippen molar-refractivity contribution in [2.45, 2.75) is 13.3 Å². The first-order chi connectivity index (χ1) is 17.6. The van der Waals surface area contributed by atoms with Gasteiger partial charge in [-0.15, -0.1) is 0 Å². The lowest BCUT2D eigenvalue weighted by Crippen LogP contribution is -2.47. The maximum atomic E-state index is 12.8. The Kier molecular flexibility index (Phi) is 7.13. The molecule has 0 bridgehead atoms. The van der Waals surface area contributed by atoms with Gasteiger partial charge in [-0.05, 0) is 74.5 Å². The number of methoxy groups -OCH3 is 1. The third kappa shape index (κ3) is 5.18. The predicted molar refractivity (Wildman–Crippen MR) is 142 cm³/mol. The molecule has 0 atom stereocenters. The number of carbonyl (C=O) groups is 1. The van der Waals surface area contributed by atoms with Crippen LogP contribution in [-0.4, -0.2) is 71.7 Å². The fourth-order valence-corrected chi connectivity index (χ4v) is 4.75. The van der Waals surface area contributed by atoms with Gasteiger partial charge in [0.2, 0.25) is 0 Å². The molecule has 8 nitrogen and oxygen atoms in total. The van der Waals surface area contributed by atoms with Crippen molar-refractivity contribution in [3.63, 3.8) is 0 Å². The highest BCUT2D eigenvalue weighted by molar-refractivity contribution is 5.94. The molecule has 1 saturated heterocycles. The smallest absolute Gasteiger partial charge is 0.251 e. The number of amides is 1. The molecule has 4 aromatic rings. The summed E-state index contributed by atoms with van der Waals surface area (Å²) in [7, 11) is 1.69. The maximum Gasteiger partial charge on any atom is 0.251 e. The number of anilines is 1. The average molecular weight is 485 g/mol. The molecule has 5 rings (SSSR count). The van der Waals surface area contributed by atoms with E-state index in [2.05, 4.69) is 37.2 Å². The van der Waals surface area contributed by atoms with Crippen molar-refractivity contribution in [1.29, 1.82) is 0 Å². The van der Waals surface area contributed by atoms with Crippen LogP contribution >= 0.6 is 0 Å². The van der Waals surface area contributed by atoms with Gasteiger partial charge in [-0.3, -0.25) is 14.3 Å². The minimum absolute atomic E-state index is 0.0591. The molecule has 0 spiro atoms. The first-order valence-electron chi connectivity index (χ1n) is 12.4. The van der Waals surface area contributed by atoms with Crippen molar-refractivity contribution in [3.05, 3.63) is 78.2 Å². The Labute approximate surface area is 211 Å². The summed E-state index contributed by atoms with van der Waals surface area (Å²) in [5, 5.41) is 3.08. The van der Waals surface area contributed by atoms with E-state index in [0.717, 1.165) is 67.6 Å². The maximum absolute atomic E-state index is 12.8. The molecule has 1 aliphatic heterocycles. The Morgan fingerprint density at radius 1 is 1.00 bits per heavy atom. The number of imidazole rings is 1.